The van der Waals surface area contributed by atoms with Crippen LogP contribution in [0.1, 0.15) is 50.4 Å². The van der Waals surface area contributed by atoms with E-state index < -0.39 is 0 Å². The minimum Gasteiger partial charge on any atom is -0.310 e. The summed E-state index contributed by atoms with van der Waals surface area (Å²) < 4.78 is 0. The zero-order chi connectivity index (χ0) is 10.4. The van der Waals surface area contributed by atoms with Crippen LogP contribution in [0.15, 0.2) is 6.20 Å². The molecular weight excluding hydrogens is 174 g/mol. The molecule has 1 rings (SSSR count). The van der Waals surface area contributed by atoms with Crippen molar-refractivity contribution in [3.63, 3.8) is 0 Å². The molecule has 3 heteroatoms. The summed E-state index contributed by atoms with van der Waals surface area (Å²) in [5.41, 5.74) is 2.45. The monoisotopic (exact) mass is 195 g/mol. The molecule has 0 aliphatic carbocycles. The molecule has 0 aliphatic heterocycles. The number of H-pyrrole nitrogens is 1. The number of hydrogen-bond acceptors (Lipinski definition) is 2. The molecule has 1 aromatic heterocycles. The second-order valence-electron chi connectivity index (χ2n) is 3.83. The number of aromatic amines is 1. The van der Waals surface area contributed by atoms with Gasteiger partial charge in [-0.1, -0.05) is 19.8 Å². The van der Waals surface area contributed by atoms with Crippen molar-refractivity contribution in [3.05, 3.63) is 17.5 Å². The van der Waals surface area contributed by atoms with Crippen molar-refractivity contribution in [2.24, 2.45) is 0 Å². The van der Waals surface area contributed by atoms with E-state index in [-0.39, 0.29) is 0 Å². The first-order valence-electron chi connectivity index (χ1n) is 5.49. The van der Waals surface area contributed by atoms with Crippen molar-refractivity contribution in [2.45, 2.75) is 46.1 Å². The summed E-state index contributed by atoms with van der Waals surface area (Å²) >= 11 is 0. The van der Waals surface area contributed by atoms with Gasteiger partial charge in [0.2, 0.25) is 0 Å². The first-order chi connectivity index (χ1) is 6.75. The van der Waals surface area contributed by atoms with Crippen molar-refractivity contribution in [1.82, 2.24) is 15.5 Å². The minimum atomic E-state index is 0.408. The molecule has 0 aromatic carbocycles. The Morgan fingerprint density at radius 2 is 2.29 bits per heavy atom. The molecule has 1 unspecified atom stereocenters. The molecule has 0 saturated carbocycles. The lowest BCUT2D eigenvalue weighted by Gasteiger charge is -2.12. The molecule has 2 N–H and O–H groups in total. The fraction of sp³-hybridized carbons (Fsp3) is 0.727. The molecule has 3 nitrogen and oxygen atoms in total. The lowest BCUT2D eigenvalue weighted by atomic mass is 10.1. The second-order valence-corrected chi connectivity index (χ2v) is 3.83. The van der Waals surface area contributed by atoms with E-state index in [0.29, 0.717) is 6.04 Å². The van der Waals surface area contributed by atoms with Gasteiger partial charge < -0.3 is 5.32 Å². The zero-order valence-electron chi connectivity index (χ0n) is 9.43. The average Bonchev–Trinajstić information content (AvgIpc) is 2.59. The fourth-order valence-electron chi connectivity index (χ4n) is 1.60. The lowest BCUT2D eigenvalue weighted by molar-refractivity contribution is 0.542. The smallest absolute Gasteiger partial charge is 0.0537 e. The van der Waals surface area contributed by atoms with Gasteiger partial charge in [0.15, 0.2) is 0 Å². The van der Waals surface area contributed by atoms with Crippen LogP contribution < -0.4 is 5.32 Å². The van der Waals surface area contributed by atoms with Crippen LogP contribution in [0.5, 0.6) is 0 Å². The molecule has 0 amide bonds. The van der Waals surface area contributed by atoms with E-state index in [0.717, 1.165) is 6.54 Å². The SMILES string of the molecule is CCCCCNC(C)c1cn[nH]c1C. The van der Waals surface area contributed by atoms with Gasteiger partial charge in [0.25, 0.3) is 0 Å². The molecule has 80 valence electrons. The summed E-state index contributed by atoms with van der Waals surface area (Å²) in [5, 5.41) is 10.5. The minimum absolute atomic E-state index is 0.408. The average molecular weight is 195 g/mol. The topological polar surface area (TPSA) is 40.7 Å². The molecular formula is C11H21N3. The molecule has 14 heavy (non-hydrogen) atoms. The third kappa shape index (κ3) is 3.14. The molecule has 1 aromatic rings. The first-order valence-corrected chi connectivity index (χ1v) is 5.49. The van der Waals surface area contributed by atoms with E-state index >= 15 is 0 Å². The largest absolute Gasteiger partial charge is 0.310 e. The van der Waals surface area contributed by atoms with Gasteiger partial charge in [0, 0.05) is 17.3 Å². The van der Waals surface area contributed by atoms with Crippen molar-refractivity contribution in [2.75, 3.05) is 6.54 Å². The predicted molar refractivity (Wildman–Crippen MR) is 59.3 cm³/mol. The van der Waals surface area contributed by atoms with Gasteiger partial charge >= 0.3 is 0 Å². The van der Waals surface area contributed by atoms with Gasteiger partial charge in [0.1, 0.15) is 0 Å². The molecule has 0 radical (unpaired) electrons. The molecule has 0 saturated heterocycles. The number of aryl methyl sites for hydroxylation is 1. The number of unbranched alkanes of at least 4 members (excludes halogenated alkanes) is 2. The quantitative estimate of drug-likeness (QED) is 0.685. The maximum atomic E-state index is 4.02. The Hall–Kier alpha value is -0.830. The fourth-order valence-corrected chi connectivity index (χ4v) is 1.60. The van der Waals surface area contributed by atoms with Gasteiger partial charge in [-0.25, -0.2) is 0 Å². The van der Waals surface area contributed by atoms with E-state index in [1.807, 2.05) is 6.20 Å². The predicted octanol–water partition coefficient (Wildman–Crippen LogP) is 2.56. The lowest BCUT2D eigenvalue weighted by Crippen LogP contribution is -2.20. The number of hydrogen-bond donors (Lipinski definition) is 2. The highest BCUT2D eigenvalue weighted by atomic mass is 15.1. The molecule has 1 heterocycles. The van der Waals surface area contributed by atoms with Crippen LogP contribution in [0.4, 0.5) is 0 Å². The van der Waals surface area contributed by atoms with Crippen molar-refractivity contribution < 1.29 is 0 Å². The highest BCUT2D eigenvalue weighted by molar-refractivity contribution is 5.18. The number of nitrogens with zero attached hydrogens (tertiary/aromatic N) is 1. The van der Waals surface area contributed by atoms with Crippen LogP contribution in [-0.4, -0.2) is 16.7 Å². The summed E-state index contributed by atoms with van der Waals surface area (Å²) in [4.78, 5) is 0. The van der Waals surface area contributed by atoms with Crippen LogP contribution in [0.2, 0.25) is 0 Å². The highest BCUT2D eigenvalue weighted by Crippen LogP contribution is 2.13. The van der Waals surface area contributed by atoms with Gasteiger partial charge in [-0.15, -0.1) is 0 Å². The highest BCUT2D eigenvalue weighted by Gasteiger charge is 2.08. The zero-order valence-corrected chi connectivity index (χ0v) is 9.43. The van der Waals surface area contributed by atoms with Crippen LogP contribution in [0.25, 0.3) is 0 Å². The summed E-state index contributed by atoms with van der Waals surface area (Å²) in [6, 6.07) is 0.408. The molecule has 1 atom stereocenters. The first kappa shape index (κ1) is 11.2. The van der Waals surface area contributed by atoms with Crippen LogP contribution >= 0.6 is 0 Å². The Morgan fingerprint density at radius 1 is 1.50 bits per heavy atom. The Labute approximate surface area is 86.3 Å². The number of nitrogens with one attached hydrogen (secondary N) is 2. The maximum absolute atomic E-state index is 4.02. The summed E-state index contributed by atoms with van der Waals surface area (Å²) in [6.45, 7) is 7.57. The van der Waals surface area contributed by atoms with Crippen molar-refractivity contribution in [3.8, 4) is 0 Å². The van der Waals surface area contributed by atoms with Crippen molar-refractivity contribution >= 4 is 0 Å². The van der Waals surface area contributed by atoms with E-state index in [4.69, 9.17) is 0 Å². The summed E-state index contributed by atoms with van der Waals surface area (Å²) in [5.74, 6) is 0. The van der Waals surface area contributed by atoms with E-state index in [1.165, 1.54) is 30.5 Å². The molecule has 0 spiro atoms. The van der Waals surface area contributed by atoms with Crippen LogP contribution in [0, 0.1) is 6.92 Å². The Balaban J connectivity index is 2.28. The van der Waals surface area contributed by atoms with Crippen LogP contribution in [0.3, 0.4) is 0 Å². The van der Waals surface area contributed by atoms with E-state index in [1.54, 1.807) is 0 Å². The van der Waals surface area contributed by atoms with Crippen molar-refractivity contribution in [1.29, 1.82) is 0 Å². The number of aromatic nitrogens is 2. The van der Waals surface area contributed by atoms with Gasteiger partial charge in [0.05, 0.1) is 6.20 Å². The summed E-state index contributed by atoms with van der Waals surface area (Å²) in [7, 11) is 0. The standard InChI is InChI=1S/C11H21N3/c1-4-5-6-7-12-9(2)11-8-13-14-10(11)3/h8-9,12H,4-7H2,1-3H3,(H,13,14). The second kappa shape index (κ2) is 5.81. The Kier molecular flexibility index (Phi) is 4.66. The van der Waals surface area contributed by atoms with Gasteiger partial charge in [-0.2, -0.15) is 5.10 Å². The molecule has 0 bridgehead atoms. The maximum Gasteiger partial charge on any atom is 0.0537 e. The molecule has 0 aliphatic rings. The summed E-state index contributed by atoms with van der Waals surface area (Å²) in [6.07, 6.45) is 5.76. The normalized spacial score (nSPS) is 13.1. The van der Waals surface area contributed by atoms with E-state index in [9.17, 15) is 0 Å². The number of rotatable bonds is 6. The van der Waals surface area contributed by atoms with Crippen LogP contribution in [-0.2, 0) is 0 Å². The van der Waals surface area contributed by atoms with Gasteiger partial charge in [-0.3, -0.25) is 5.10 Å². The molecule has 0 fully saturated rings. The third-order valence-electron chi connectivity index (χ3n) is 2.57. The Bertz CT molecular complexity index is 255. The Morgan fingerprint density at radius 3 is 2.86 bits per heavy atom. The van der Waals surface area contributed by atoms with E-state index in [2.05, 4.69) is 36.3 Å². The third-order valence-corrected chi connectivity index (χ3v) is 2.57. The van der Waals surface area contributed by atoms with Gasteiger partial charge in [-0.05, 0) is 26.8 Å².